The minimum atomic E-state index is 0.0689. The molecular weight excluding hydrogens is 628 g/mol. The average molecular weight is 691 g/mol. The Balaban J connectivity index is 1.78. The van der Waals surface area contributed by atoms with Gasteiger partial charge in [-0.25, -0.2) is 0 Å². The fourth-order valence-electron chi connectivity index (χ4n) is 7.29. The van der Waals surface area contributed by atoms with E-state index >= 15 is 0 Å². The van der Waals surface area contributed by atoms with Crippen molar-refractivity contribution in [3.8, 4) is 0 Å². The first-order valence-electron chi connectivity index (χ1n) is 19.1. The van der Waals surface area contributed by atoms with Crippen molar-refractivity contribution in [1.82, 2.24) is 0 Å². The molecule has 0 amide bonds. The van der Waals surface area contributed by atoms with Gasteiger partial charge in [-0.2, -0.15) is 0 Å². The van der Waals surface area contributed by atoms with E-state index in [9.17, 15) is 0 Å². The molecule has 268 valence electrons. The highest BCUT2D eigenvalue weighted by atomic mass is 35.5. The lowest BCUT2D eigenvalue weighted by atomic mass is 9.83. The molecule has 0 bridgehead atoms. The van der Waals surface area contributed by atoms with Crippen LogP contribution in [0.3, 0.4) is 0 Å². The van der Waals surface area contributed by atoms with E-state index < -0.39 is 0 Å². The molecule has 0 N–H and O–H groups in total. The van der Waals surface area contributed by atoms with Crippen LogP contribution in [0.15, 0.2) is 84.9 Å². The normalized spacial score (nSPS) is 15.3. The summed E-state index contributed by atoms with van der Waals surface area (Å²) in [5.41, 5.74) is 11.2. The molecule has 0 aliphatic heterocycles. The standard InChI is InChI=1S/C47H63ClN2/c1-32(2)33(3)49(39-24-18-36(19-25-39)45(4,5)6)42-30-35(34-16-14-13-15-17-34)31-43(44(42)48)50(40-26-20-37(21-27-40)46(7,8)9)41-28-22-38(23-29-41)47(10,11)12/h18-34H,13-17H2,1-12H3. The van der Waals surface area contributed by atoms with Crippen molar-refractivity contribution in [1.29, 1.82) is 0 Å². The van der Waals surface area contributed by atoms with Crippen molar-refractivity contribution in [3.05, 3.63) is 112 Å². The van der Waals surface area contributed by atoms with Gasteiger partial charge in [0.05, 0.1) is 16.4 Å². The molecule has 4 aromatic rings. The quantitative estimate of drug-likeness (QED) is 0.182. The van der Waals surface area contributed by atoms with Gasteiger partial charge in [-0.15, -0.1) is 0 Å². The maximum atomic E-state index is 7.84. The largest absolute Gasteiger partial charge is 0.337 e. The summed E-state index contributed by atoms with van der Waals surface area (Å²) in [6.45, 7) is 27.5. The predicted molar refractivity (Wildman–Crippen MR) is 221 cm³/mol. The van der Waals surface area contributed by atoms with Gasteiger partial charge in [0, 0.05) is 23.1 Å². The number of anilines is 5. The maximum absolute atomic E-state index is 7.84. The molecule has 4 aromatic carbocycles. The van der Waals surface area contributed by atoms with Gasteiger partial charge in [0.25, 0.3) is 0 Å². The van der Waals surface area contributed by atoms with Crippen LogP contribution in [-0.4, -0.2) is 6.04 Å². The Morgan fingerprint density at radius 1 is 0.540 bits per heavy atom. The molecule has 1 aliphatic carbocycles. The van der Waals surface area contributed by atoms with Crippen LogP contribution in [0.4, 0.5) is 28.4 Å². The topological polar surface area (TPSA) is 6.48 Å². The molecule has 1 fully saturated rings. The summed E-state index contributed by atoms with van der Waals surface area (Å²) in [5.74, 6) is 0.938. The van der Waals surface area contributed by atoms with Crippen molar-refractivity contribution in [2.75, 3.05) is 9.80 Å². The summed E-state index contributed by atoms with van der Waals surface area (Å²) >= 11 is 7.84. The number of nitrogens with zero attached hydrogens (tertiary/aromatic N) is 2. The van der Waals surface area contributed by atoms with Crippen LogP contribution < -0.4 is 9.80 Å². The highest BCUT2D eigenvalue weighted by molar-refractivity contribution is 6.36. The van der Waals surface area contributed by atoms with Gasteiger partial charge < -0.3 is 9.80 Å². The SMILES string of the molecule is CC(C)C(C)N(c1ccc(C(C)(C)C)cc1)c1cc(C2CCCCC2)cc(N(c2ccc(C(C)(C)C)cc2)c2ccc(C(C)(C)C)cc2)c1Cl. The molecule has 0 spiro atoms. The third kappa shape index (κ3) is 8.45. The lowest BCUT2D eigenvalue weighted by Gasteiger charge is -2.38. The highest BCUT2D eigenvalue weighted by Crippen LogP contribution is 2.49. The molecule has 0 saturated heterocycles. The monoisotopic (exact) mass is 690 g/mol. The zero-order valence-corrected chi connectivity index (χ0v) is 33.9. The number of hydrogen-bond donors (Lipinski definition) is 0. The molecule has 5 rings (SSSR count). The van der Waals surface area contributed by atoms with Crippen molar-refractivity contribution in [2.45, 2.75) is 143 Å². The summed E-state index contributed by atoms with van der Waals surface area (Å²) in [4.78, 5) is 4.91. The molecule has 0 aromatic heterocycles. The third-order valence-corrected chi connectivity index (χ3v) is 11.4. The molecule has 1 unspecified atom stereocenters. The Hall–Kier alpha value is -3.23. The van der Waals surface area contributed by atoms with Gasteiger partial charge in [0.2, 0.25) is 0 Å². The lowest BCUT2D eigenvalue weighted by Crippen LogP contribution is -2.33. The van der Waals surface area contributed by atoms with E-state index in [1.165, 1.54) is 60.0 Å². The van der Waals surface area contributed by atoms with Gasteiger partial charge in [-0.05, 0) is 119 Å². The first kappa shape index (κ1) is 38.0. The minimum absolute atomic E-state index is 0.0689. The van der Waals surface area contributed by atoms with Crippen LogP contribution in [0, 0.1) is 5.92 Å². The second kappa shape index (κ2) is 14.8. The zero-order chi connectivity index (χ0) is 36.6. The minimum Gasteiger partial charge on any atom is -0.337 e. The van der Waals surface area contributed by atoms with Crippen molar-refractivity contribution in [3.63, 3.8) is 0 Å². The molecule has 50 heavy (non-hydrogen) atoms. The van der Waals surface area contributed by atoms with Crippen LogP contribution in [-0.2, 0) is 16.2 Å². The Morgan fingerprint density at radius 2 is 0.920 bits per heavy atom. The van der Waals surface area contributed by atoms with E-state index in [0.29, 0.717) is 11.8 Å². The van der Waals surface area contributed by atoms with Crippen LogP contribution in [0.25, 0.3) is 0 Å². The molecule has 1 atom stereocenters. The first-order chi connectivity index (χ1) is 23.4. The highest BCUT2D eigenvalue weighted by Gasteiger charge is 2.29. The lowest BCUT2D eigenvalue weighted by molar-refractivity contribution is 0.443. The van der Waals surface area contributed by atoms with Gasteiger partial charge in [0.1, 0.15) is 0 Å². The summed E-state index contributed by atoms with van der Waals surface area (Å²) < 4.78 is 0. The second-order valence-corrected chi connectivity index (χ2v) is 18.7. The predicted octanol–water partition coefficient (Wildman–Crippen LogP) is 14.9. The molecule has 0 heterocycles. The fourth-order valence-corrected chi connectivity index (χ4v) is 7.57. The van der Waals surface area contributed by atoms with E-state index in [2.05, 4.69) is 178 Å². The third-order valence-electron chi connectivity index (χ3n) is 11.0. The molecule has 1 saturated carbocycles. The van der Waals surface area contributed by atoms with Gasteiger partial charge in [-0.3, -0.25) is 0 Å². The molecule has 2 nitrogen and oxygen atoms in total. The average Bonchev–Trinajstić information content (AvgIpc) is 3.06. The van der Waals surface area contributed by atoms with Crippen molar-refractivity contribution in [2.24, 2.45) is 5.92 Å². The summed E-state index contributed by atoms with van der Waals surface area (Å²) in [7, 11) is 0. The molecular formula is C47H63ClN2. The van der Waals surface area contributed by atoms with E-state index in [-0.39, 0.29) is 22.3 Å². The van der Waals surface area contributed by atoms with Crippen LogP contribution in [0.2, 0.25) is 5.02 Å². The smallest absolute Gasteiger partial charge is 0.0883 e. The Labute approximate surface area is 310 Å². The maximum Gasteiger partial charge on any atom is 0.0883 e. The van der Waals surface area contributed by atoms with Gasteiger partial charge in [-0.1, -0.05) is 143 Å². The van der Waals surface area contributed by atoms with E-state index in [1.807, 2.05) is 0 Å². The number of halogens is 1. The van der Waals surface area contributed by atoms with Gasteiger partial charge in [0.15, 0.2) is 0 Å². The van der Waals surface area contributed by atoms with E-state index in [1.54, 1.807) is 0 Å². The summed E-state index contributed by atoms with van der Waals surface area (Å²) in [6.07, 6.45) is 6.34. The molecule has 3 heteroatoms. The van der Waals surface area contributed by atoms with Crippen LogP contribution in [0.1, 0.15) is 143 Å². The fraction of sp³-hybridized carbons (Fsp3) is 0.489. The van der Waals surface area contributed by atoms with E-state index in [4.69, 9.17) is 11.6 Å². The van der Waals surface area contributed by atoms with Crippen LogP contribution >= 0.6 is 11.6 Å². The van der Waals surface area contributed by atoms with Crippen molar-refractivity contribution < 1.29 is 0 Å². The summed E-state index contributed by atoms with van der Waals surface area (Å²) in [5, 5.41) is 0.789. The zero-order valence-electron chi connectivity index (χ0n) is 33.1. The van der Waals surface area contributed by atoms with Crippen LogP contribution in [0.5, 0.6) is 0 Å². The second-order valence-electron chi connectivity index (χ2n) is 18.3. The van der Waals surface area contributed by atoms with Crippen molar-refractivity contribution >= 4 is 40.0 Å². The number of hydrogen-bond acceptors (Lipinski definition) is 2. The Bertz CT molecular complexity index is 1650. The van der Waals surface area contributed by atoms with E-state index in [0.717, 1.165) is 27.8 Å². The molecule has 1 aliphatic rings. The van der Waals surface area contributed by atoms with Gasteiger partial charge >= 0.3 is 0 Å². The Morgan fingerprint density at radius 3 is 1.30 bits per heavy atom. The number of benzene rings is 4. The molecule has 0 radical (unpaired) electrons. The Kier molecular flexibility index (Phi) is 11.2. The number of rotatable bonds is 8. The first-order valence-corrected chi connectivity index (χ1v) is 19.5. The summed E-state index contributed by atoms with van der Waals surface area (Å²) in [6, 6.07) is 32.5.